The Morgan fingerprint density at radius 1 is 1.17 bits per heavy atom. The Bertz CT molecular complexity index is 496. The van der Waals surface area contributed by atoms with Crippen molar-refractivity contribution >= 4 is 0 Å². The summed E-state index contributed by atoms with van der Waals surface area (Å²) in [6.07, 6.45) is -3.33. The molecule has 1 aliphatic heterocycles. The van der Waals surface area contributed by atoms with Crippen molar-refractivity contribution in [1.29, 1.82) is 0 Å². The Hall–Kier alpha value is -1.07. The summed E-state index contributed by atoms with van der Waals surface area (Å²) in [4.78, 5) is 2.43. The highest BCUT2D eigenvalue weighted by molar-refractivity contribution is 5.27. The summed E-state index contributed by atoms with van der Waals surface area (Å²) in [5, 5.41) is 3.46. The van der Waals surface area contributed by atoms with Crippen molar-refractivity contribution in [3.05, 3.63) is 35.4 Å². The summed E-state index contributed by atoms with van der Waals surface area (Å²) < 4.78 is 38.3. The monoisotopic (exact) mass is 328 g/mol. The molecule has 1 fully saturated rings. The van der Waals surface area contributed by atoms with Crippen molar-refractivity contribution in [2.75, 3.05) is 13.1 Å². The fraction of sp³-hybridized carbons (Fsp3) is 0.667. The number of rotatable bonds is 4. The van der Waals surface area contributed by atoms with Crippen LogP contribution in [0.25, 0.3) is 0 Å². The van der Waals surface area contributed by atoms with Gasteiger partial charge in [-0.25, -0.2) is 0 Å². The minimum atomic E-state index is -4.27. The maximum atomic E-state index is 12.8. The molecule has 1 heterocycles. The molecular weight excluding hydrogens is 301 g/mol. The average Bonchev–Trinajstić information content (AvgIpc) is 2.46. The van der Waals surface area contributed by atoms with E-state index in [1.165, 1.54) is 12.1 Å². The molecule has 1 aromatic carbocycles. The summed E-state index contributed by atoms with van der Waals surface area (Å²) in [6, 6.07) is 6.65. The molecule has 1 aromatic rings. The first kappa shape index (κ1) is 18.3. The van der Waals surface area contributed by atoms with Gasteiger partial charge >= 0.3 is 6.18 Å². The van der Waals surface area contributed by atoms with Crippen LogP contribution >= 0.6 is 0 Å². The van der Waals surface area contributed by atoms with Gasteiger partial charge in [0, 0.05) is 31.2 Å². The molecule has 2 nitrogen and oxygen atoms in total. The zero-order valence-electron chi connectivity index (χ0n) is 14.3. The second kappa shape index (κ2) is 7.22. The lowest BCUT2D eigenvalue weighted by molar-refractivity contribution is -0.137. The molecule has 0 spiro atoms. The number of hydrogen-bond donors (Lipinski definition) is 1. The van der Waals surface area contributed by atoms with Crippen LogP contribution in [-0.2, 0) is 6.18 Å². The predicted octanol–water partition coefficient (Wildman–Crippen LogP) is 4.47. The quantitative estimate of drug-likeness (QED) is 0.877. The lowest BCUT2D eigenvalue weighted by Crippen LogP contribution is -2.55. The Balaban J connectivity index is 2.27. The van der Waals surface area contributed by atoms with Gasteiger partial charge in [0.2, 0.25) is 0 Å². The van der Waals surface area contributed by atoms with Gasteiger partial charge in [0.05, 0.1) is 5.56 Å². The number of hydrogen-bond acceptors (Lipinski definition) is 2. The highest BCUT2D eigenvalue weighted by Crippen LogP contribution is 2.34. The molecule has 0 aliphatic carbocycles. The molecule has 3 atom stereocenters. The molecule has 130 valence electrons. The Morgan fingerprint density at radius 2 is 1.78 bits per heavy atom. The summed E-state index contributed by atoms with van der Waals surface area (Å²) in [5.41, 5.74) is 0.402. The van der Waals surface area contributed by atoms with Crippen LogP contribution in [0.1, 0.15) is 51.3 Å². The smallest absolute Gasteiger partial charge is 0.311 e. The van der Waals surface area contributed by atoms with Gasteiger partial charge in [0.15, 0.2) is 0 Å². The number of nitrogens with one attached hydrogen (secondary N) is 1. The Morgan fingerprint density at radius 3 is 2.30 bits per heavy atom. The van der Waals surface area contributed by atoms with E-state index in [1.54, 1.807) is 12.1 Å². The second-order valence-electron chi connectivity index (χ2n) is 7.12. The molecule has 23 heavy (non-hydrogen) atoms. The van der Waals surface area contributed by atoms with Gasteiger partial charge in [-0.15, -0.1) is 0 Å². The average molecular weight is 328 g/mol. The first-order valence-corrected chi connectivity index (χ1v) is 8.34. The molecule has 0 radical (unpaired) electrons. The maximum absolute atomic E-state index is 12.8. The summed E-state index contributed by atoms with van der Waals surface area (Å²) in [5.74, 6) is 0.486. The second-order valence-corrected chi connectivity index (χ2v) is 7.12. The van der Waals surface area contributed by atoms with Gasteiger partial charge in [-0.2, -0.15) is 13.2 Å². The minimum absolute atomic E-state index is 0.164. The summed E-state index contributed by atoms with van der Waals surface area (Å²) in [7, 11) is 0. The lowest BCUT2D eigenvalue weighted by atomic mass is 9.92. The van der Waals surface area contributed by atoms with Crippen LogP contribution < -0.4 is 5.32 Å². The normalized spacial score (nSPS) is 24.9. The van der Waals surface area contributed by atoms with E-state index in [9.17, 15) is 13.2 Å². The molecule has 1 saturated heterocycles. The van der Waals surface area contributed by atoms with Crippen molar-refractivity contribution in [3.8, 4) is 0 Å². The Kier molecular flexibility index (Phi) is 5.74. The van der Waals surface area contributed by atoms with E-state index in [4.69, 9.17) is 0 Å². The van der Waals surface area contributed by atoms with E-state index in [0.717, 1.165) is 25.1 Å². The molecule has 1 N–H and O–H groups in total. The van der Waals surface area contributed by atoms with E-state index in [2.05, 4.69) is 37.9 Å². The number of alkyl halides is 3. The van der Waals surface area contributed by atoms with Crippen molar-refractivity contribution in [2.45, 2.75) is 58.4 Å². The third kappa shape index (κ3) is 4.70. The van der Waals surface area contributed by atoms with Crippen molar-refractivity contribution < 1.29 is 13.2 Å². The van der Waals surface area contributed by atoms with E-state index in [0.29, 0.717) is 18.0 Å². The van der Waals surface area contributed by atoms with Crippen LogP contribution in [-0.4, -0.2) is 30.1 Å². The highest BCUT2D eigenvalue weighted by atomic mass is 19.4. The molecule has 0 saturated carbocycles. The van der Waals surface area contributed by atoms with Crippen molar-refractivity contribution in [3.63, 3.8) is 0 Å². The van der Waals surface area contributed by atoms with Crippen LogP contribution in [0.4, 0.5) is 13.2 Å². The number of piperazine rings is 1. The van der Waals surface area contributed by atoms with E-state index >= 15 is 0 Å². The minimum Gasteiger partial charge on any atom is -0.311 e. The van der Waals surface area contributed by atoms with Gasteiger partial charge in [-0.1, -0.05) is 26.0 Å². The van der Waals surface area contributed by atoms with Gasteiger partial charge < -0.3 is 5.32 Å². The van der Waals surface area contributed by atoms with E-state index in [1.807, 2.05) is 0 Å². The van der Waals surface area contributed by atoms with Gasteiger partial charge in [-0.05, 0) is 43.9 Å². The van der Waals surface area contributed by atoms with E-state index < -0.39 is 11.7 Å². The largest absolute Gasteiger partial charge is 0.416 e. The molecule has 1 unspecified atom stereocenters. The molecular formula is C18H27F3N2. The van der Waals surface area contributed by atoms with Crippen LogP contribution in [0, 0.1) is 5.92 Å². The van der Waals surface area contributed by atoms with Crippen molar-refractivity contribution in [2.24, 2.45) is 5.92 Å². The number of halogens is 3. The molecule has 1 aliphatic rings. The number of nitrogens with zero attached hydrogens (tertiary/aromatic N) is 1. The third-order valence-corrected chi connectivity index (χ3v) is 4.53. The standard InChI is InChI=1S/C18H27F3N2/c1-12(2)9-17(23-11-13(3)22-10-14(23)4)15-5-7-16(8-6-15)18(19,20)21/h5-8,12-14,17,22H,9-11H2,1-4H3/t13-,14+,17?/m0/s1. The third-order valence-electron chi connectivity index (χ3n) is 4.53. The molecule has 2 rings (SSSR count). The van der Waals surface area contributed by atoms with Gasteiger partial charge in [-0.3, -0.25) is 4.90 Å². The first-order valence-electron chi connectivity index (χ1n) is 8.34. The van der Waals surface area contributed by atoms with Crippen LogP contribution in [0.2, 0.25) is 0 Å². The van der Waals surface area contributed by atoms with Gasteiger partial charge in [0.1, 0.15) is 0 Å². The van der Waals surface area contributed by atoms with E-state index in [-0.39, 0.29) is 6.04 Å². The predicted molar refractivity (Wildman–Crippen MR) is 87.3 cm³/mol. The first-order chi connectivity index (χ1) is 10.7. The van der Waals surface area contributed by atoms with Crippen LogP contribution in [0.15, 0.2) is 24.3 Å². The fourth-order valence-corrected chi connectivity index (χ4v) is 3.29. The number of benzene rings is 1. The zero-order valence-corrected chi connectivity index (χ0v) is 14.3. The van der Waals surface area contributed by atoms with Crippen LogP contribution in [0.5, 0.6) is 0 Å². The Labute approximate surface area is 137 Å². The molecule has 0 bridgehead atoms. The highest BCUT2D eigenvalue weighted by Gasteiger charge is 2.32. The van der Waals surface area contributed by atoms with Crippen LogP contribution in [0.3, 0.4) is 0 Å². The SMILES string of the molecule is CC(C)CC(c1ccc(C(F)(F)F)cc1)N1C[C@H](C)NC[C@H]1C. The van der Waals surface area contributed by atoms with Gasteiger partial charge in [0.25, 0.3) is 0 Å². The summed E-state index contributed by atoms with van der Waals surface area (Å²) >= 11 is 0. The zero-order chi connectivity index (χ0) is 17.2. The molecule has 0 amide bonds. The topological polar surface area (TPSA) is 15.3 Å². The molecule has 5 heteroatoms. The molecule has 0 aromatic heterocycles. The summed E-state index contributed by atoms with van der Waals surface area (Å²) in [6.45, 7) is 10.5. The maximum Gasteiger partial charge on any atom is 0.416 e. The van der Waals surface area contributed by atoms with Crippen molar-refractivity contribution in [1.82, 2.24) is 10.2 Å². The lowest BCUT2D eigenvalue weighted by Gasteiger charge is -2.43. The fourth-order valence-electron chi connectivity index (χ4n) is 3.29.